The van der Waals surface area contributed by atoms with Gasteiger partial charge < -0.3 is 0 Å². The van der Waals surface area contributed by atoms with E-state index in [1.807, 2.05) is 30.3 Å². The number of carbonyl (C=O) groups excluding carboxylic acids is 1. The average Bonchev–Trinajstić information content (AvgIpc) is 2.74. The Morgan fingerprint density at radius 1 is 0.800 bits per heavy atom. The van der Waals surface area contributed by atoms with Gasteiger partial charge in [0.2, 0.25) is 0 Å². The van der Waals surface area contributed by atoms with Crippen molar-refractivity contribution >= 4 is 19.1 Å². The lowest BCUT2D eigenvalue weighted by atomic mass is 9.88. The maximum Gasteiger partial charge on any atom is 0.163 e. The van der Waals surface area contributed by atoms with Crippen LogP contribution in [-0.4, -0.2) is 13.9 Å². The predicted molar refractivity (Wildman–Crippen MR) is 132 cm³/mol. The van der Waals surface area contributed by atoms with Crippen LogP contribution in [0, 0.1) is 6.92 Å². The van der Waals surface area contributed by atoms with Gasteiger partial charge in [0.1, 0.15) is 0 Å². The molecule has 0 aliphatic carbocycles. The molecule has 1 nitrogen and oxygen atoms in total. The minimum atomic E-state index is -1.53. The number of hydrogen-bond acceptors (Lipinski definition) is 1. The molecule has 0 heterocycles. The van der Waals surface area contributed by atoms with Crippen molar-refractivity contribution < 1.29 is 4.79 Å². The van der Waals surface area contributed by atoms with Crippen molar-refractivity contribution in [2.75, 3.05) is 0 Å². The first-order valence-electron chi connectivity index (χ1n) is 10.8. The first kappa shape index (κ1) is 22.0. The van der Waals surface area contributed by atoms with Crippen molar-refractivity contribution in [1.82, 2.24) is 0 Å². The van der Waals surface area contributed by atoms with Crippen LogP contribution in [0.4, 0.5) is 0 Å². The molecule has 3 aromatic rings. The summed E-state index contributed by atoms with van der Waals surface area (Å²) in [7, 11) is -1.53. The highest BCUT2D eigenvalue weighted by molar-refractivity contribution is 6.93. The molecule has 0 aliphatic heterocycles. The molecule has 0 aliphatic rings. The van der Waals surface area contributed by atoms with Gasteiger partial charge in [-0.15, -0.1) is 0 Å². The Labute approximate surface area is 182 Å². The molecule has 0 bridgehead atoms. The Morgan fingerprint density at radius 3 is 1.87 bits per heavy atom. The fourth-order valence-electron chi connectivity index (χ4n) is 3.88. The van der Waals surface area contributed by atoms with Crippen LogP contribution in [0.5, 0.6) is 0 Å². The van der Waals surface area contributed by atoms with Crippen molar-refractivity contribution in [2.45, 2.75) is 45.3 Å². The van der Waals surface area contributed by atoms with Crippen LogP contribution in [0.15, 0.2) is 91.0 Å². The third kappa shape index (κ3) is 5.90. The maximum absolute atomic E-state index is 13.0. The quantitative estimate of drug-likeness (QED) is 0.273. The van der Waals surface area contributed by atoms with Gasteiger partial charge >= 0.3 is 0 Å². The van der Waals surface area contributed by atoms with E-state index in [0.29, 0.717) is 6.42 Å². The summed E-state index contributed by atoms with van der Waals surface area (Å²) in [6.45, 7) is 9.28. The van der Waals surface area contributed by atoms with Gasteiger partial charge in [0.05, 0.1) is 8.07 Å². The maximum atomic E-state index is 13.0. The molecule has 0 radical (unpaired) electrons. The molecule has 0 saturated heterocycles. The lowest BCUT2D eigenvalue weighted by molar-refractivity contribution is 0.0974. The Bertz CT molecular complexity index is 980. The van der Waals surface area contributed by atoms with Gasteiger partial charge in [0, 0.05) is 12.0 Å². The smallest absolute Gasteiger partial charge is 0.163 e. The van der Waals surface area contributed by atoms with E-state index in [4.69, 9.17) is 0 Å². The van der Waals surface area contributed by atoms with Crippen LogP contribution in [0.25, 0.3) is 5.20 Å². The Hall–Kier alpha value is -2.71. The molecule has 1 atom stereocenters. The second kappa shape index (κ2) is 9.86. The third-order valence-corrected chi connectivity index (χ3v) is 7.68. The van der Waals surface area contributed by atoms with Crippen LogP contribution in [0.3, 0.4) is 0 Å². The number of Topliss-reactive ketones (excluding diaryl/α,β-unsaturated/α-hetero) is 1. The highest BCUT2D eigenvalue weighted by Crippen LogP contribution is 2.31. The van der Waals surface area contributed by atoms with Crippen molar-refractivity contribution in [3.05, 3.63) is 113 Å². The third-order valence-electron chi connectivity index (χ3n) is 5.58. The summed E-state index contributed by atoms with van der Waals surface area (Å²) >= 11 is 0. The zero-order chi connectivity index (χ0) is 21.6. The van der Waals surface area contributed by atoms with Crippen molar-refractivity contribution in [1.29, 1.82) is 0 Å². The van der Waals surface area contributed by atoms with Crippen LogP contribution in [-0.2, 0) is 0 Å². The molecule has 30 heavy (non-hydrogen) atoms. The lowest BCUT2D eigenvalue weighted by Crippen LogP contribution is -2.23. The highest BCUT2D eigenvalue weighted by atomic mass is 28.3. The van der Waals surface area contributed by atoms with Gasteiger partial charge in [0.25, 0.3) is 0 Å². The minimum Gasteiger partial charge on any atom is -0.294 e. The van der Waals surface area contributed by atoms with Gasteiger partial charge in [-0.1, -0.05) is 121 Å². The summed E-state index contributed by atoms with van der Waals surface area (Å²) in [4.78, 5) is 13.0. The minimum absolute atomic E-state index is 0.174. The van der Waals surface area contributed by atoms with Gasteiger partial charge in [-0.2, -0.15) is 0 Å². The molecule has 0 N–H and O–H groups in total. The normalized spacial score (nSPS) is 13.1. The van der Waals surface area contributed by atoms with Gasteiger partial charge in [-0.25, -0.2) is 0 Å². The second-order valence-electron chi connectivity index (χ2n) is 9.07. The summed E-state index contributed by atoms with van der Waals surface area (Å²) in [6, 6.07) is 29.0. The number of benzene rings is 3. The van der Waals surface area contributed by atoms with E-state index in [0.717, 1.165) is 12.0 Å². The number of carbonyl (C=O) groups is 1. The van der Waals surface area contributed by atoms with E-state index in [-0.39, 0.29) is 11.7 Å². The Kier molecular flexibility index (Phi) is 7.23. The molecular formula is C28H32OSi. The zero-order valence-electron chi connectivity index (χ0n) is 18.6. The fourth-order valence-corrected chi connectivity index (χ4v) is 5.64. The average molecular weight is 413 g/mol. The molecule has 0 spiro atoms. The number of aryl methyl sites for hydroxylation is 1. The second-order valence-corrected chi connectivity index (χ2v) is 14.1. The number of rotatable bonds is 8. The number of hydrogen-bond donors (Lipinski definition) is 0. The van der Waals surface area contributed by atoms with Gasteiger partial charge in [-0.05, 0) is 30.4 Å². The molecule has 0 fully saturated rings. The van der Waals surface area contributed by atoms with Crippen molar-refractivity contribution in [3.8, 4) is 0 Å². The lowest BCUT2D eigenvalue weighted by Gasteiger charge is -2.23. The van der Waals surface area contributed by atoms with E-state index in [2.05, 4.69) is 87.2 Å². The summed E-state index contributed by atoms with van der Waals surface area (Å²) in [5.41, 5.74) is 4.60. The first-order valence-corrected chi connectivity index (χ1v) is 14.3. The highest BCUT2D eigenvalue weighted by Gasteiger charge is 2.22. The Balaban J connectivity index is 1.92. The van der Waals surface area contributed by atoms with E-state index in [1.165, 1.54) is 21.9 Å². The van der Waals surface area contributed by atoms with Crippen LogP contribution in [0.2, 0.25) is 19.6 Å². The van der Waals surface area contributed by atoms with Gasteiger partial charge in [0.15, 0.2) is 5.78 Å². The van der Waals surface area contributed by atoms with Crippen molar-refractivity contribution in [2.24, 2.45) is 0 Å². The van der Waals surface area contributed by atoms with Crippen LogP contribution in [0.1, 0.15) is 45.8 Å². The molecule has 0 saturated carbocycles. The monoisotopic (exact) mass is 412 g/mol. The topological polar surface area (TPSA) is 17.1 Å². The number of allylic oxidation sites excluding steroid dienone is 1. The van der Waals surface area contributed by atoms with E-state index >= 15 is 0 Å². The largest absolute Gasteiger partial charge is 0.294 e. The first-order chi connectivity index (χ1) is 14.3. The van der Waals surface area contributed by atoms with E-state index < -0.39 is 8.07 Å². The molecule has 154 valence electrons. The molecule has 0 amide bonds. The van der Waals surface area contributed by atoms with Crippen LogP contribution < -0.4 is 0 Å². The van der Waals surface area contributed by atoms with Crippen molar-refractivity contribution in [3.63, 3.8) is 0 Å². The molecule has 3 aromatic carbocycles. The molecular weight excluding hydrogens is 380 g/mol. The molecule has 3 rings (SSSR count). The van der Waals surface area contributed by atoms with Crippen LogP contribution >= 0.6 is 0 Å². The summed E-state index contributed by atoms with van der Waals surface area (Å²) in [5.74, 6) is 0.386. The predicted octanol–water partition coefficient (Wildman–Crippen LogP) is 7.70. The standard InChI is InChI=1S/C28H32OSi/c1-22-15-17-23(18-16-22)26(21-27(29)24-11-7-5-8-12-24)19-20-28(30(2,3)4)25-13-9-6-10-14-25/h5-18,20,26H,19,21H2,1-4H3/b28-20+. The summed E-state index contributed by atoms with van der Waals surface area (Å²) in [6.07, 6.45) is 3.80. The van der Waals surface area contributed by atoms with E-state index in [9.17, 15) is 4.79 Å². The Morgan fingerprint density at radius 2 is 1.33 bits per heavy atom. The van der Waals surface area contributed by atoms with E-state index in [1.54, 1.807) is 0 Å². The zero-order valence-corrected chi connectivity index (χ0v) is 19.6. The summed E-state index contributed by atoms with van der Waals surface area (Å²) < 4.78 is 0. The fraction of sp³-hybridized carbons (Fsp3) is 0.250. The van der Waals surface area contributed by atoms with Gasteiger partial charge in [-0.3, -0.25) is 4.79 Å². The molecule has 2 heteroatoms. The molecule has 1 unspecified atom stereocenters. The summed E-state index contributed by atoms with van der Waals surface area (Å²) in [5, 5.41) is 1.47. The molecule has 0 aromatic heterocycles. The SMILES string of the molecule is Cc1ccc(C(C/C=C(\c2ccccc2)[Si](C)(C)C)CC(=O)c2ccccc2)cc1. The number of ketones is 1.